The Morgan fingerprint density at radius 1 is 1.20 bits per heavy atom. The van der Waals surface area contributed by atoms with Gasteiger partial charge in [-0.05, 0) is 37.5 Å². The summed E-state index contributed by atoms with van der Waals surface area (Å²) in [4.78, 5) is 2.27. The van der Waals surface area contributed by atoms with Crippen molar-refractivity contribution in [2.75, 3.05) is 18.0 Å². The van der Waals surface area contributed by atoms with E-state index in [-0.39, 0.29) is 5.75 Å². The molecule has 0 unspecified atom stereocenters. The average molecular weight is 202 g/mol. The molecule has 2 rings (SSSR count). The van der Waals surface area contributed by atoms with Crippen molar-refractivity contribution in [3.05, 3.63) is 23.8 Å². The van der Waals surface area contributed by atoms with Crippen molar-refractivity contribution in [1.29, 1.82) is 5.26 Å². The van der Waals surface area contributed by atoms with Gasteiger partial charge in [-0.15, -0.1) is 0 Å². The van der Waals surface area contributed by atoms with Gasteiger partial charge in [0, 0.05) is 18.8 Å². The fourth-order valence-corrected chi connectivity index (χ4v) is 1.96. The smallest absolute Gasteiger partial charge is 0.133 e. The van der Waals surface area contributed by atoms with E-state index in [0.717, 1.165) is 18.8 Å². The molecular weight excluding hydrogens is 188 g/mol. The molecule has 1 fully saturated rings. The summed E-state index contributed by atoms with van der Waals surface area (Å²) in [6.07, 6.45) is 3.71. The number of hydrogen-bond donors (Lipinski definition) is 1. The fourth-order valence-electron chi connectivity index (χ4n) is 1.96. The normalized spacial score (nSPS) is 16.1. The van der Waals surface area contributed by atoms with Crippen LogP contribution in [0.3, 0.4) is 0 Å². The minimum absolute atomic E-state index is 0.0678. The maximum atomic E-state index is 9.39. The summed E-state index contributed by atoms with van der Waals surface area (Å²) in [6.45, 7) is 2.10. The summed E-state index contributed by atoms with van der Waals surface area (Å²) in [5.41, 5.74) is 1.40. The van der Waals surface area contributed by atoms with Crippen molar-refractivity contribution >= 4 is 5.69 Å². The summed E-state index contributed by atoms with van der Waals surface area (Å²) >= 11 is 0. The molecule has 0 atom stereocenters. The van der Waals surface area contributed by atoms with E-state index in [4.69, 9.17) is 5.26 Å². The van der Waals surface area contributed by atoms with Crippen molar-refractivity contribution in [2.24, 2.45) is 0 Å². The Morgan fingerprint density at radius 3 is 2.60 bits per heavy atom. The number of piperidine rings is 1. The summed E-state index contributed by atoms with van der Waals surface area (Å²) in [6, 6.07) is 7.24. The second kappa shape index (κ2) is 4.22. The van der Waals surface area contributed by atoms with Crippen molar-refractivity contribution in [2.45, 2.75) is 19.3 Å². The number of nitrogens with zero attached hydrogens (tertiary/aromatic N) is 2. The highest BCUT2D eigenvalue weighted by atomic mass is 16.3. The minimum Gasteiger partial charge on any atom is -0.507 e. The van der Waals surface area contributed by atoms with E-state index in [2.05, 4.69) is 4.90 Å². The maximum Gasteiger partial charge on any atom is 0.133 e. The van der Waals surface area contributed by atoms with Crippen molar-refractivity contribution < 1.29 is 5.11 Å². The highest BCUT2D eigenvalue weighted by molar-refractivity contribution is 5.56. The lowest BCUT2D eigenvalue weighted by Gasteiger charge is -2.28. The third kappa shape index (κ3) is 2.04. The third-order valence-corrected chi connectivity index (χ3v) is 2.82. The van der Waals surface area contributed by atoms with Crippen LogP contribution in [-0.2, 0) is 0 Å². The summed E-state index contributed by atoms with van der Waals surface area (Å²) in [7, 11) is 0. The lowest BCUT2D eigenvalue weighted by Crippen LogP contribution is -2.29. The molecule has 78 valence electrons. The Kier molecular flexibility index (Phi) is 2.77. The van der Waals surface area contributed by atoms with E-state index >= 15 is 0 Å². The van der Waals surface area contributed by atoms with Crippen LogP contribution >= 0.6 is 0 Å². The first-order valence-electron chi connectivity index (χ1n) is 5.29. The Hall–Kier alpha value is -1.69. The van der Waals surface area contributed by atoms with E-state index in [0.29, 0.717) is 5.56 Å². The van der Waals surface area contributed by atoms with Gasteiger partial charge in [0.25, 0.3) is 0 Å². The second-order valence-corrected chi connectivity index (χ2v) is 3.86. The van der Waals surface area contributed by atoms with E-state index in [9.17, 15) is 5.11 Å². The number of phenols is 1. The van der Waals surface area contributed by atoms with Crippen LogP contribution in [0.2, 0.25) is 0 Å². The Balaban J connectivity index is 2.25. The molecule has 1 aromatic carbocycles. The first-order valence-corrected chi connectivity index (χ1v) is 5.29. The number of benzene rings is 1. The van der Waals surface area contributed by atoms with Crippen molar-refractivity contribution in [1.82, 2.24) is 0 Å². The van der Waals surface area contributed by atoms with Crippen LogP contribution in [0.5, 0.6) is 5.75 Å². The Morgan fingerprint density at radius 2 is 1.93 bits per heavy atom. The van der Waals surface area contributed by atoms with Gasteiger partial charge in [0.2, 0.25) is 0 Å². The lowest BCUT2D eigenvalue weighted by atomic mass is 10.1. The molecule has 1 aliphatic heterocycles. The molecule has 0 aliphatic carbocycles. The highest BCUT2D eigenvalue weighted by Gasteiger charge is 2.12. The number of hydrogen-bond acceptors (Lipinski definition) is 3. The molecule has 1 heterocycles. The molecule has 3 heteroatoms. The molecule has 0 aromatic heterocycles. The van der Waals surface area contributed by atoms with Gasteiger partial charge in [-0.3, -0.25) is 0 Å². The zero-order valence-electron chi connectivity index (χ0n) is 8.61. The molecule has 1 saturated heterocycles. The molecule has 1 N–H and O–H groups in total. The zero-order valence-corrected chi connectivity index (χ0v) is 8.61. The summed E-state index contributed by atoms with van der Waals surface area (Å²) < 4.78 is 0. The molecule has 1 aliphatic rings. The maximum absolute atomic E-state index is 9.39. The second-order valence-electron chi connectivity index (χ2n) is 3.86. The number of nitriles is 1. The van der Waals surface area contributed by atoms with Crippen LogP contribution in [0.1, 0.15) is 24.8 Å². The van der Waals surface area contributed by atoms with Crippen molar-refractivity contribution in [3.63, 3.8) is 0 Å². The quantitative estimate of drug-likeness (QED) is 0.759. The van der Waals surface area contributed by atoms with Gasteiger partial charge in [0.15, 0.2) is 0 Å². The zero-order chi connectivity index (χ0) is 10.7. The SMILES string of the molecule is N#Cc1cc(N2CCCCC2)ccc1O. The van der Waals surface area contributed by atoms with Gasteiger partial charge in [-0.1, -0.05) is 0 Å². The number of rotatable bonds is 1. The molecule has 0 radical (unpaired) electrons. The Bertz CT molecular complexity index is 389. The lowest BCUT2D eigenvalue weighted by molar-refractivity contribution is 0.473. The van der Waals surface area contributed by atoms with Crippen molar-refractivity contribution in [3.8, 4) is 11.8 Å². The minimum atomic E-state index is 0.0678. The van der Waals surface area contributed by atoms with Crippen LogP contribution < -0.4 is 4.90 Å². The molecule has 0 saturated carbocycles. The molecule has 1 aromatic rings. The highest BCUT2D eigenvalue weighted by Crippen LogP contribution is 2.25. The molecule has 0 amide bonds. The molecule has 0 spiro atoms. The predicted octanol–water partition coefficient (Wildman–Crippen LogP) is 2.25. The number of anilines is 1. The predicted molar refractivity (Wildman–Crippen MR) is 58.9 cm³/mol. The largest absolute Gasteiger partial charge is 0.507 e. The fraction of sp³-hybridized carbons (Fsp3) is 0.417. The van der Waals surface area contributed by atoms with Gasteiger partial charge in [0.05, 0.1) is 5.56 Å². The monoisotopic (exact) mass is 202 g/mol. The molecule has 3 nitrogen and oxygen atoms in total. The van der Waals surface area contributed by atoms with Gasteiger partial charge in [-0.25, -0.2) is 0 Å². The first-order chi connectivity index (χ1) is 7.31. The van der Waals surface area contributed by atoms with Crippen LogP contribution in [0, 0.1) is 11.3 Å². The van der Waals surface area contributed by atoms with Gasteiger partial charge < -0.3 is 10.0 Å². The van der Waals surface area contributed by atoms with E-state index in [1.54, 1.807) is 12.1 Å². The first kappa shape index (κ1) is 9.85. The standard InChI is InChI=1S/C12H14N2O/c13-9-10-8-11(4-5-12(10)15)14-6-2-1-3-7-14/h4-5,8,15H,1-3,6-7H2. The molecule has 0 bridgehead atoms. The number of phenolic OH excluding ortho intramolecular Hbond substituents is 1. The van der Waals surface area contributed by atoms with Gasteiger partial charge in [-0.2, -0.15) is 5.26 Å². The summed E-state index contributed by atoms with van der Waals surface area (Å²) in [5, 5.41) is 18.2. The van der Waals surface area contributed by atoms with Crippen LogP contribution in [0.4, 0.5) is 5.69 Å². The Labute approximate surface area is 89.6 Å². The topological polar surface area (TPSA) is 47.3 Å². The van der Waals surface area contributed by atoms with Gasteiger partial charge in [0.1, 0.15) is 11.8 Å². The van der Waals surface area contributed by atoms with E-state index in [1.165, 1.54) is 19.3 Å². The van der Waals surface area contributed by atoms with E-state index < -0.39 is 0 Å². The summed E-state index contributed by atoms with van der Waals surface area (Å²) in [5.74, 6) is 0.0678. The van der Waals surface area contributed by atoms with Gasteiger partial charge >= 0.3 is 0 Å². The van der Waals surface area contributed by atoms with Crippen LogP contribution in [0.25, 0.3) is 0 Å². The molecular formula is C12H14N2O. The van der Waals surface area contributed by atoms with Crippen LogP contribution in [-0.4, -0.2) is 18.2 Å². The molecule has 15 heavy (non-hydrogen) atoms. The van der Waals surface area contributed by atoms with E-state index in [1.807, 2.05) is 12.1 Å². The average Bonchev–Trinajstić information content (AvgIpc) is 2.31. The van der Waals surface area contributed by atoms with Crippen LogP contribution in [0.15, 0.2) is 18.2 Å². The number of aromatic hydroxyl groups is 1. The third-order valence-electron chi connectivity index (χ3n) is 2.82.